The van der Waals surface area contributed by atoms with E-state index in [9.17, 15) is 4.79 Å². The average molecular weight is 219 g/mol. The van der Waals surface area contributed by atoms with E-state index in [1.165, 1.54) is 6.21 Å². The number of hydrogen-bond acceptors (Lipinski definition) is 4. The number of hydrogen-bond donors (Lipinski definition) is 0. The van der Waals surface area contributed by atoms with Gasteiger partial charge in [0, 0.05) is 6.08 Å². The van der Waals surface area contributed by atoms with Gasteiger partial charge in [-0.15, -0.1) is 0 Å². The topological polar surface area (TPSA) is 47.9 Å². The molecule has 0 saturated heterocycles. The van der Waals surface area contributed by atoms with Crippen molar-refractivity contribution in [3.8, 4) is 0 Å². The Hall–Kier alpha value is -2.10. The highest BCUT2D eigenvalue weighted by atomic mass is 16.6. The van der Waals surface area contributed by atoms with E-state index in [1.807, 2.05) is 30.3 Å². The third-order valence-electron chi connectivity index (χ3n) is 1.69. The van der Waals surface area contributed by atoms with E-state index in [0.717, 1.165) is 11.6 Å². The van der Waals surface area contributed by atoms with Crippen molar-refractivity contribution in [1.29, 1.82) is 0 Å². The second kappa shape index (κ2) is 7.23. The first-order chi connectivity index (χ1) is 7.83. The SMILES string of the molecule is C=CC(=O)OC/C=N/OCc1ccccc1. The summed E-state index contributed by atoms with van der Waals surface area (Å²) in [7, 11) is 0. The zero-order valence-corrected chi connectivity index (χ0v) is 8.83. The molecule has 0 atom stereocenters. The van der Waals surface area contributed by atoms with Crippen molar-refractivity contribution >= 4 is 12.2 Å². The molecule has 1 aromatic rings. The second-order valence-electron chi connectivity index (χ2n) is 2.88. The van der Waals surface area contributed by atoms with Crippen LogP contribution >= 0.6 is 0 Å². The first kappa shape index (κ1) is 12.0. The summed E-state index contributed by atoms with van der Waals surface area (Å²) in [6.45, 7) is 3.74. The van der Waals surface area contributed by atoms with Crippen molar-refractivity contribution in [2.75, 3.05) is 6.61 Å². The van der Waals surface area contributed by atoms with Crippen molar-refractivity contribution in [2.24, 2.45) is 5.16 Å². The zero-order valence-electron chi connectivity index (χ0n) is 8.83. The molecule has 0 amide bonds. The summed E-state index contributed by atoms with van der Waals surface area (Å²) in [6.07, 6.45) is 2.48. The molecule has 0 aliphatic rings. The third-order valence-corrected chi connectivity index (χ3v) is 1.69. The highest BCUT2D eigenvalue weighted by molar-refractivity contribution is 5.82. The van der Waals surface area contributed by atoms with E-state index in [2.05, 4.69) is 16.5 Å². The number of nitrogens with zero attached hydrogens (tertiary/aromatic N) is 1. The van der Waals surface area contributed by atoms with E-state index in [4.69, 9.17) is 4.84 Å². The molecule has 0 radical (unpaired) electrons. The summed E-state index contributed by atoms with van der Waals surface area (Å²) < 4.78 is 4.66. The van der Waals surface area contributed by atoms with Gasteiger partial charge in [-0.2, -0.15) is 0 Å². The molecular formula is C12H13NO3. The molecule has 0 N–H and O–H groups in total. The van der Waals surface area contributed by atoms with Crippen LogP contribution in [0.3, 0.4) is 0 Å². The molecule has 1 aromatic carbocycles. The summed E-state index contributed by atoms with van der Waals surface area (Å²) >= 11 is 0. The van der Waals surface area contributed by atoms with Crippen LogP contribution in [0.1, 0.15) is 5.56 Å². The molecule has 0 aliphatic heterocycles. The van der Waals surface area contributed by atoms with Crippen molar-refractivity contribution in [2.45, 2.75) is 6.61 Å². The van der Waals surface area contributed by atoms with Gasteiger partial charge in [0.2, 0.25) is 0 Å². The molecule has 4 heteroatoms. The smallest absolute Gasteiger partial charge is 0.330 e. The minimum absolute atomic E-state index is 0.0830. The fraction of sp³-hybridized carbons (Fsp3) is 0.167. The largest absolute Gasteiger partial charge is 0.457 e. The van der Waals surface area contributed by atoms with Crippen LogP contribution in [0.15, 0.2) is 48.1 Å². The molecule has 84 valence electrons. The van der Waals surface area contributed by atoms with Crippen molar-refractivity contribution in [1.82, 2.24) is 0 Å². The lowest BCUT2D eigenvalue weighted by molar-refractivity contribution is -0.136. The molecule has 0 bridgehead atoms. The third kappa shape index (κ3) is 4.95. The van der Waals surface area contributed by atoms with Gasteiger partial charge in [-0.25, -0.2) is 4.79 Å². The lowest BCUT2D eigenvalue weighted by atomic mass is 10.2. The summed E-state index contributed by atoms with van der Waals surface area (Å²) in [6, 6.07) is 9.66. The average Bonchev–Trinajstić information content (AvgIpc) is 2.34. The molecule has 0 unspecified atom stereocenters. The minimum atomic E-state index is -0.477. The van der Waals surface area contributed by atoms with Gasteiger partial charge in [0.25, 0.3) is 0 Å². The maximum atomic E-state index is 10.6. The molecule has 0 aliphatic carbocycles. The quantitative estimate of drug-likeness (QED) is 0.318. The second-order valence-corrected chi connectivity index (χ2v) is 2.88. The molecule has 0 spiro atoms. The predicted molar refractivity (Wildman–Crippen MR) is 60.9 cm³/mol. The van der Waals surface area contributed by atoms with Crippen LogP contribution in [0.4, 0.5) is 0 Å². The van der Waals surface area contributed by atoms with E-state index in [1.54, 1.807) is 0 Å². The van der Waals surface area contributed by atoms with Crippen LogP contribution in [0, 0.1) is 0 Å². The van der Waals surface area contributed by atoms with Crippen molar-refractivity contribution in [3.63, 3.8) is 0 Å². The van der Waals surface area contributed by atoms with Gasteiger partial charge in [0.05, 0.1) is 6.21 Å². The highest BCUT2D eigenvalue weighted by Crippen LogP contribution is 1.99. The van der Waals surface area contributed by atoms with Crippen LogP contribution in [0.5, 0.6) is 0 Å². The Morgan fingerprint density at radius 2 is 2.12 bits per heavy atom. The summed E-state index contributed by atoms with van der Waals surface area (Å²) in [5.41, 5.74) is 1.03. The molecule has 0 saturated carbocycles. The van der Waals surface area contributed by atoms with Gasteiger partial charge < -0.3 is 9.57 Å². The number of carbonyl (C=O) groups excluding carboxylic acids is 1. The fourth-order valence-electron chi connectivity index (χ4n) is 0.947. The van der Waals surface area contributed by atoms with Crippen LogP contribution in [-0.2, 0) is 21.0 Å². The number of carbonyl (C=O) groups is 1. The first-order valence-electron chi connectivity index (χ1n) is 4.80. The van der Waals surface area contributed by atoms with Gasteiger partial charge in [-0.05, 0) is 5.56 Å². The molecule has 0 heterocycles. The Balaban J connectivity index is 2.13. The van der Waals surface area contributed by atoms with Gasteiger partial charge >= 0.3 is 5.97 Å². The number of rotatable bonds is 6. The Kier molecular flexibility index (Phi) is 5.41. The van der Waals surface area contributed by atoms with Crippen LogP contribution in [0.2, 0.25) is 0 Å². The van der Waals surface area contributed by atoms with Crippen LogP contribution in [-0.4, -0.2) is 18.8 Å². The summed E-state index contributed by atoms with van der Waals surface area (Å²) in [5, 5.41) is 3.64. The van der Waals surface area contributed by atoms with E-state index in [0.29, 0.717) is 6.61 Å². The Morgan fingerprint density at radius 3 is 2.81 bits per heavy atom. The summed E-state index contributed by atoms with van der Waals surface area (Å²) in [4.78, 5) is 15.6. The Morgan fingerprint density at radius 1 is 1.38 bits per heavy atom. The van der Waals surface area contributed by atoms with E-state index >= 15 is 0 Å². The fourth-order valence-corrected chi connectivity index (χ4v) is 0.947. The number of ether oxygens (including phenoxy) is 1. The van der Waals surface area contributed by atoms with Crippen LogP contribution in [0.25, 0.3) is 0 Å². The molecule has 1 rings (SSSR count). The molecule has 4 nitrogen and oxygen atoms in total. The number of esters is 1. The molecule has 0 fully saturated rings. The lowest BCUT2D eigenvalue weighted by Gasteiger charge is -1.98. The van der Waals surface area contributed by atoms with Gasteiger partial charge in [0.15, 0.2) is 0 Å². The van der Waals surface area contributed by atoms with Gasteiger partial charge in [-0.1, -0.05) is 42.1 Å². The number of benzene rings is 1. The Labute approximate surface area is 94.2 Å². The Bertz CT molecular complexity index is 360. The first-order valence-corrected chi connectivity index (χ1v) is 4.80. The highest BCUT2D eigenvalue weighted by Gasteiger charge is 1.91. The predicted octanol–water partition coefficient (Wildman–Crippen LogP) is 1.92. The summed E-state index contributed by atoms with van der Waals surface area (Å²) in [5.74, 6) is -0.477. The monoisotopic (exact) mass is 219 g/mol. The lowest BCUT2D eigenvalue weighted by Crippen LogP contribution is -2.02. The zero-order chi connectivity index (χ0) is 11.6. The minimum Gasteiger partial charge on any atom is -0.457 e. The molecule has 0 aromatic heterocycles. The van der Waals surface area contributed by atoms with Gasteiger partial charge in [-0.3, -0.25) is 0 Å². The van der Waals surface area contributed by atoms with Gasteiger partial charge in [0.1, 0.15) is 13.2 Å². The van der Waals surface area contributed by atoms with E-state index < -0.39 is 5.97 Å². The maximum absolute atomic E-state index is 10.6. The maximum Gasteiger partial charge on any atom is 0.330 e. The van der Waals surface area contributed by atoms with E-state index in [-0.39, 0.29) is 6.61 Å². The molecular weight excluding hydrogens is 206 g/mol. The van der Waals surface area contributed by atoms with Crippen molar-refractivity contribution in [3.05, 3.63) is 48.6 Å². The number of oxime groups is 1. The standard InChI is InChI=1S/C12H13NO3/c1-2-12(14)15-9-8-13-16-10-11-6-4-3-5-7-11/h2-8H,1,9-10H2/b13-8+. The van der Waals surface area contributed by atoms with Crippen molar-refractivity contribution < 1.29 is 14.4 Å². The van der Waals surface area contributed by atoms with Crippen LogP contribution < -0.4 is 0 Å². The molecule has 16 heavy (non-hydrogen) atoms. The normalized spacial score (nSPS) is 10.0.